The third kappa shape index (κ3) is 14.9. The molecule has 1 aromatic rings. The molecule has 0 aliphatic heterocycles. The van der Waals surface area contributed by atoms with Gasteiger partial charge in [-0.25, -0.2) is 9.59 Å². The molecule has 1 aromatic carbocycles. The number of carboxylic acid groups (broad SMARTS) is 3. The van der Waals surface area contributed by atoms with Crippen molar-refractivity contribution in [2.45, 2.75) is 82.3 Å². The first-order chi connectivity index (χ1) is 18.5. The SMILES string of the molecule is CC(=Cc1ccccc1)[C@@H]1C[C@H]1N[C@H]1CC[C@@H](NCCCC(=O)O)CC1.O=C(O)C(F)(F)F.O=C(O)C(F)(F)F. The van der Waals surface area contributed by atoms with Crippen LogP contribution in [0.4, 0.5) is 26.3 Å². The number of nitrogens with one attached hydrogen (secondary N) is 2. The standard InChI is InChI=1S/C22H32N2O2.2C2HF3O2/c1-16(14-17-6-3-2-4-7-17)20-15-21(20)24-19-11-9-18(10-12-19)23-13-5-8-22(25)26;2*3-2(4,5)1(6)7/h2-4,6-7,14,18-21,23-24H,5,8-13,15H2,1H3,(H,25,26);2*(H,6,7)/t18-,19+,20-,21+;;/m0../s1. The van der Waals surface area contributed by atoms with Crippen molar-refractivity contribution in [2.75, 3.05) is 6.54 Å². The lowest BCUT2D eigenvalue weighted by Gasteiger charge is -2.30. The Hall–Kier alpha value is -3.13. The minimum Gasteiger partial charge on any atom is -0.481 e. The van der Waals surface area contributed by atoms with Gasteiger partial charge in [0, 0.05) is 24.5 Å². The van der Waals surface area contributed by atoms with Gasteiger partial charge in [0.1, 0.15) is 0 Å². The molecule has 0 amide bonds. The van der Waals surface area contributed by atoms with E-state index in [9.17, 15) is 31.1 Å². The molecule has 2 atom stereocenters. The second kappa shape index (κ2) is 16.2. The number of carbonyl (C=O) groups is 3. The van der Waals surface area contributed by atoms with Gasteiger partial charge in [-0.1, -0.05) is 42.0 Å². The lowest BCUT2D eigenvalue weighted by atomic mass is 9.91. The lowest BCUT2D eigenvalue weighted by Crippen LogP contribution is -2.41. The van der Waals surface area contributed by atoms with Gasteiger partial charge in [-0.15, -0.1) is 0 Å². The molecule has 40 heavy (non-hydrogen) atoms. The van der Waals surface area contributed by atoms with Crippen LogP contribution in [0, 0.1) is 5.92 Å². The minimum atomic E-state index is -5.08. The molecular weight excluding hydrogens is 550 g/mol. The van der Waals surface area contributed by atoms with Crippen LogP contribution < -0.4 is 10.6 Å². The summed E-state index contributed by atoms with van der Waals surface area (Å²) in [5.74, 6) is -5.52. The average Bonchev–Trinajstić information content (AvgIpc) is 3.62. The van der Waals surface area contributed by atoms with Crippen molar-refractivity contribution >= 4 is 24.0 Å². The second-order valence-corrected chi connectivity index (χ2v) is 9.52. The highest BCUT2D eigenvalue weighted by atomic mass is 19.4. The Labute approximate surface area is 227 Å². The van der Waals surface area contributed by atoms with Crippen LogP contribution in [0.25, 0.3) is 6.08 Å². The van der Waals surface area contributed by atoms with Crippen LogP contribution in [0.2, 0.25) is 0 Å². The fraction of sp³-hybridized carbons (Fsp3) is 0.577. The zero-order valence-electron chi connectivity index (χ0n) is 21.8. The van der Waals surface area contributed by atoms with Crippen LogP contribution in [0.5, 0.6) is 0 Å². The molecule has 2 aliphatic rings. The molecule has 3 rings (SSSR count). The summed E-state index contributed by atoms with van der Waals surface area (Å²) in [5, 5.41) is 30.3. The second-order valence-electron chi connectivity index (χ2n) is 9.52. The molecule has 0 bridgehead atoms. The van der Waals surface area contributed by atoms with Crippen LogP contribution in [-0.4, -0.2) is 70.3 Å². The molecule has 5 N–H and O–H groups in total. The smallest absolute Gasteiger partial charge is 0.481 e. The fourth-order valence-corrected chi connectivity index (χ4v) is 4.11. The molecule has 0 saturated heterocycles. The first kappa shape index (κ1) is 34.9. The van der Waals surface area contributed by atoms with Crippen molar-refractivity contribution in [3.63, 3.8) is 0 Å². The Morgan fingerprint density at radius 1 is 0.875 bits per heavy atom. The number of alkyl halides is 6. The van der Waals surface area contributed by atoms with Gasteiger partial charge < -0.3 is 26.0 Å². The monoisotopic (exact) mass is 584 g/mol. The van der Waals surface area contributed by atoms with E-state index in [1.54, 1.807) is 0 Å². The third-order valence-electron chi connectivity index (χ3n) is 6.23. The number of hydrogen-bond acceptors (Lipinski definition) is 5. The van der Waals surface area contributed by atoms with Crippen molar-refractivity contribution in [3.05, 3.63) is 41.5 Å². The van der Waals surface area contributed by atoms with Gasteiger partial charge >= 0.3 is 30.3 Å². The maximum Gasteiger partial charge on any atom is 0.490 e. The van der Waals surface area contributed by atoms with E-state index in [0.29, 0.717) is 24.0 Å². The fourth-order valence-electron chi connectivity index (χ4n) is 4.11. The first-order valence-electron chi connectivity index (χ1n) is 12.5. The highest BCUT2D eigenvalue weighted by Gasteiger charge is 2.40. The zero-order chi connectivity index (χ0) is 30.5. The Morgan fingerprint density at radius 2 is 1.35 bits per heavy atom. The summed E-state index contributed by atoms with van der Waals surface area (Å²) in [4.78, 5) is 28.3. The summed E-state index contributed by atoms with van der Waals surface area (Å²) < 4.78 is 63.5. The van der Waals surface area contributed by atoms with Crippen LogP contribution in [0.3, 0.4) is 0 Å². The maximum absolute atomic E-state index is 10.6. The maximum atomic E-state index is 10.6. The number of halogens is 6. The molecule has 2 fully saturated rings. The molecule has 0 heterocycles. The Bertz CT molecular complexity index is 952. The van der Waals surface area contributed by atoms with Gasteiger partial charge in [0.05, 0.1) is 0 Å². The zero-order valence-corrected chi connectivity index (χ0v) is 21.8. The predicted octanol–water partition coefficient (Wildman–Crippen LogP) is 5.10. The van der Waals surface area contributed by atoms with E-state index in [0.717, 1.165) is 13.0 Å². The minimum absolute atomic E-state index is 0.267. The Kier molecular flexibility index (Phi) is 14.1. The van der Waals surface area contributed by atoms with E-state index in [1.165, 1.54) is 43.2 Å². The predicted molar refractivity (Wildman–Crippen MR) is 133 cm³/mol. The number of aliphatic carboxylic acids is 3. The molecule has 0 spiro atoms. The van der Waals surface area contributed by atoms with Crippen molar-refractivity contribution < 1.29 is 56.0 Å². The number of hydrogen-bond donors (Lipinski definition) is 5. The molecule has 2 saturated carbocycles. The largest absolute Gasteiger partial charge is 0.490 e. The normalized spacial score (nSPS) is 22.6. The van der Waals surface area contributed by atoms with Gasteiger partial charge in [-0.3, -0.25) is 4.79 Å². The third-order valence-corrected chi connectivity index (χ3v) is 6.23. The summed E-state index contributed by atoms with van der Waals surface area (Å²) in [6.07, 6.45) is -0.746. The molecule has 8 nitrogen and oxygen atoms in total. The van der Waals surface area contributed by atoms with Crippen LogP contribution >= 0.6 is 0 Å². The Morgan fingerprint density at radius 3 is 1.80 bits per heavy atom. The highest BCUT2D eigenvalue weighted by Crippen LogP contribution is 2.39. The van der Waals surface area contributed by atoms with Gasteiger partial charge in [-0.2, -0.15) is 26.3 Å². The van der Waals surface area contributed by atoms with Crippen LogP contribution in [0.1, 0.15) is 57.4 Å². The summed E-state index contributed by atoms with van der Waals surface area (Å²) in [5.41, 5.74) is 2.78. The molecule has 226 valence electrons. The van der Waals surface area contributed by atoms with Crippen molar-refractivity contribution in [3.8, 4) is 0 Å². The first-order valence-corrected chi connectivity index (χ1v) is 12.5. The van der Waals surface area contributed by atoms with Crippen LogP contribution in [-0.2, 0) is 14.4 Å². The molecule has 0 radical (unpaired) electrons. The van der Waals surface area contributed by atoms with Crippen molar-refractivity contribution in [1.82, 2.24) is 10.6 Å². The van der Waals surface area contributed by atoms with Crippen molar-refractivity contribution in [2.24, 2.45) is 5.92 Å². The van der Waals surface area contributed by atoms with E-state index in [2.05, 4.69) is 54.0 Å². The molecular formula is C26H34F6N2O6. The summed E-state index contributed by atoms with van der Waals surface area (Å²) in [6, 6.07) is 12.4. The summed E-state index contributed by atoms with van der Waals surface area (Å²) in [7, 11) is 0. The topological polar surface area (TPSA) is 136 Å². The van der Waals surface area contributed by atoms with E-state index >= 15 is 0 Å². The summed E-state index contributed by atoms with van der Waals surface area (Å²) in [6.45, 7) is 3.08. The van der Waals surface area contributed by atoms with Crippen LogP contribution in [0.15, 0.2) is 35.9 Å². The molecule has 0 aromatic heterocycles. The van der Waals surface area contributed by atoms with Crippen molar-refractivity contribution in [1.29, 1.82) is 0 Å². The van der Waals surface area contributed by atoms with E-state index in [1.807, 2.05) is 0 Å². The van der Waals surface area contributed by atoms with Gasteiger partial charge in [0.15, 0.2) is 0 Å². The number of rotatable bonds is 9. The van der Waals surface area contributed by atoms with E-state index in [4.69, 9.17) is 24.9 Å². The lowest BCUT2D eigenvalue weighted by molar-refractivity contribution is -0.193. The number of carboxylic acids is 3. The van der Waals surface area contributed by atoms with E-state index in [-0.39, 0.29) is 6.42 Å². The van der Waals surface area contributed by atoms with Gasteiger partial charge in [0.2, 0.25) is 0 Å². The summed E-state index contributed by atoms with van der Waals surface area (Å²) >= 11 is 0. The Balaban J connectivity index is 0.000000473. The quantitative estimate of drug-likeness (QED) is 0.200. The highest BCUT2D eigenvalue weighted by molar-refractivity contribution is 5.73. The average molecular weight is 585 g/mol. The molecule has 14 heteroatoms. The van der Waals surface area contributed by atoms with Gasteiger partial charge in [-0.05, 0) is 63.5 Å². The molecule has 0 unspecified atom stereocenters. The molecule has 2 aliphatic carbocycles. The van der Waals surface area contributed by atoms with E-state index < -0.39 is 30.3 Å². The van der Waals surface area contributed by atoms with Gasteiger partial charge in [0.25, 0.3) is 0 Å². The number of benzene rings is 1.